The molecule has 1 atom stereocenters. The number of furan rings is 1. The number of hydrogen-bond donors (Lipinski definition) is 3. The fourth-order valence-electron chi connectivity index (χ4n) is 2.48. The highest BCUT2D eigenvalue weighted by Crippen LogP contribution is 2.11. The van der Waals surface area contributed by atoms with Crippen molar-refractivity contribution in [1.82, 2.24) is 10.6 Å². The molecule has 0 saturated heterocycles. The molecular formula is C20H24IN3O2S. The van der Waals surface area contributed by atoms with Crippen LogP contribution in [0.2, 0.25) is 0 Å². The first-order valence-electron chi connectivity index (χ1n) is 8.61. The van der Waals surface area contributed by atoms with E-state index < -0.39 is 6.10 Å². The molecule has 0 spiro atoms. The highest BCUT2D eigenvalue weighted by atomic mass is 127. The third-order valence-corrected chi connectivity index (χ3v) is 4.73. The third-order valence-electron chi connectivity index (χ3n) is 3.86. The normalized spacial score (nSPS) is 12.3. The van der Waals surface area contributed by atoms with E-state index in [2.05, 4.69) is 21.7 Å². The van der Waals surface area contributed by atoms with Crippen molar-refractivity contribution in [2.24, 2.45) is 4.99 Å². The monoisotopic (exact) mass is 497 g/mol. The maximum Gasteiger partial charge on any atom is 0.191 e. The Hall–Kier alpha value is -1.84. The zero-order valence-electron chi connectivity index (χ0n) is 14.9. The predicted octanol–water partition coefficient (Wildman–Crippen LogP) is 3.97. The maximum absolute atomic E-state index is 10.3. The van der Waals surface area contributed by atoms with Crippen LogP contribution in [0.1, 0.15) is 22.3 Å². The minimum Gasteiger partial charge on any atom is -0.469 e. The number of rotatable bonds is 8. The Kier molecular flexibility index (Phi) is 9.37. The summed E-state index contributed by atoms with van der Waals surface area (Å²) in [5.74, 6) is 1.61. The molecular weight excluding hydrogens is 473 g/mol. The molecule has 0 aliphatic rings. The van der Waals surface area contributed by atoms with Gasteiger partial charge < -0.3 is 20.2 Å². The molecule has 5 nitrogen and oxygen atoms in total. The molecule has 3 rings (SSSR count). The first-order chi connectivity index (χ1) is 12.8. The average molecular weight is 497 g/mol. The van der Waals surface area contributed by atoms with Crippen LogP contribution >= 0.6 is 35.3 Å². The molecule has 0 bridgehead atoms. The van der Waals surface area contributed by atoms with Crippen LogP contribution in [-0.4, -0.2) is 24.2 Å². The Labute approximate surface area is 180 Å². The summed E-state index contributed by atoms with van der Waals surface area (Å²) >= 11 is 1.68. The quantitative estimate of drug-likeness (QED) is 0.250. The number of hydrogen-bond acceptors (Lipinski definition) is 4. The SMILES string of the molecule is I.OC(CNC(=NCc1cccs1)NCCc1ccco1)c1ccccc1. The second-order valence-electron chi connectivity index (χ2n) is 5.81. The fraction of sp³-hybridized carbons (Fsp3) is 0.250. The molecule has 3 N–H and O–H groups in total. The van der Waals surface area contributed by atoms with Crippen LogP contribution in [0.25, 0.3) is 0 Å². The average Bonchev–Trinajstić information content (AvgIpc) is 3.38. The van der Waals surface area contributed by atoms with Gasteiger partial charge >= 0.3 is 0 Å². The van der Waals surface area contributed by atoms with Crippen molar-refractivity contribution in [2.45, 2.75) is 19.1 Å². The highest BCUT2D eigenvalue weighted by molar-refractivity contribution is 14.0. The third kappa shape index (κ3) is 7.36. The van der Waals surface area contributed by atoms with E-state index in [9.17, 15) is 5.11 Å². The van der Waals surface area contributed by atoms with Gasteiger partial charge in [-0.25, -0.2) is 4.99 Å². The number of nitrogens with one attached hydrogen (secondary N) is 2. The molecule has 0 radical (unpaired) electrons. The number of aliphatic hydroxyl groups excluding tert-OH is 1. The van der Waals surface area contributed by atoms with Crippen molar-refractivity contribution in [3.63, 3.8) is 0 Å². The second kappa shape index (κ2) is 11.8. The van der Waals surface area contributed by atoms with Gasteiger partial charge in [-0.05, 0) is 29.1 Å². The minimum atomic E-state index is -0.588. The minimum absolute atomic E-state index is 0. The van der Waals surface area contributed by atoms with Crippen molar-refractivity contribution >= 4 is 41.3 Å². The number of thiophene rings is 1. The molecule has 0 amide bonds. The summed E-state index contributed by atoms with van der Waals surface area (Å²) in [6.07, 6.45) is 1.86. The van der Waals surface area contributed by atoms with Crippen LogP contribution < -0.4 is 10.6 Å². The molecule has 0 aliphatic heterocycles. The molecule has 2 heterocycles. The van der Waals surface area contributed by atoms with Gasteiger partial charge in [0.2, 0.25) is 0 Å². The van der Waals surface area contributed by atoms with E-state index in [1.165, 1.54) is 4.88 Å². The van der Waals surface area contributed by atoms with Gasteiger partial charge in [-0.3, -0.25) is 0 Å². The Balaban J connectivity index is 0.00000261. The summed E-state index contributed by atoms with van der Waals surface area (Å²) in [6, 6.07) is 17.5. The molecule has 1 aromatic carbocycles. The number of nitrogens with zero attached hydrogens (tertiary/aromatic N) is 1. The van der Waals surface area contributed by atoms with E-state index in [4.69, 9.17) is 4.42 Å². The summed E-state index contributed by atoms with van der Waals surface area (Å²) < 4.78 is 5.35. The van der Waals surface area contributed by atoms with Gasteiger partial charge in [-0.1, -0.05) is 36.4 Å². The zero-order chi connectivity index (χ0) is 18.0. The van der Waals surface area contributed by atoms with Crippen molar-refractivity contribution in [3.05, 3.63) is 82.4 Å². The summed E-state index contributed by atoms with van der Waals surface area (Å²) in [7, 11) is 0. The van der Waals surface area contributed by atoms with Gasteiger partial charge in [0.1, 0.15) is 5.76 Å². The van der Waals surface area contributed by atoms with Gasteiger partial charge in [0, 0.05) is 24.4 Å². The van der Waals surface area contributed by atoms with Crippen molar-refractivity contribution in [2.75, 3.05) is 13.1 Å². The largest absolute Gasteiger partial charge is 0.469 e. The van der Waals surface area contributed by atoms with E-state index in [-0.39, 0.29) is 24.0 Å². The molecule has 0 saturated carbocycles. The van der Waals surface area contributed by atoms with Crippen LogP contribution in [0.15, 0.2) is 75.7 Å². The van der Waals surface area contributed by atoms with Crippen LogP contribution in [0.3, 0.4) is 0 Å². The predicted molar refractivity (Wildman–Crippen MR) is 121 cm³/mol. The van der Waals surface area contributed by atoms with E-state index in [0.29, 0.717) is 25.6 Å². The first kappa shape index (κ1) is 21.5. The standard InChI is InChI=1S/C20H23N3O2S.HI/c24-19(16-6-2-1-3-7-16)15-23-20(22-14-18-9-5-13-26-18)21-11-10-17-8-4-12-25-17;/h1-9,12-13,19,24H,10-11,14-15H2,(H2,21,22,23);1H. The molecule has 1 unspecified atom stereocenters. The lowest BCUT2D eigenvalue weighted by atomic mass is 10.1. The van der Waals surface area contributed by atoms with Gasteiger partial charge in [-0.2, -0.15) is 0 Å². The van der Waals surface area contributed by atoms with Crippen LogP contribution in [0.5, 0.6) is 0 Å². The zero-order valence-corrected chi connectivity index (χ0v) is 18.0. The number of guanidine groups is 1. The Morgan fingerprint density at radius 2 is 1.93 bits per heavy atom. The van der Waals surface area contributed by atoms with E-state index >= 15 is 0 Å². The van der Waals surface area contributed by atoms with Gasteiger partial charge in [0.15, 0.2) is 5.96 Å². The summed E-state index contributed by atoms with van der Waals surface area (Å²) in [6.45, 7) is 1.70. The van der Waals surface area contributed by atoms with Crippen molar-refractivity contribution in [3.8, 4) is 0 Å². The topological polar surface area (TPSA) is 69.8 Å². The van der Waals surface area contributed by atoms with Crippen LogP contribution in [0, 0.1) is 0 Å². The number of halogens is 1. The molecule has 2 aromatic heterocycles. The van der Waals surface area contributed by atoms with Gasteiger partial charge in [0.05, 0.1) is 18.9 Å². The summed E-state index contributed by atoms with van der Waals surface area (Å²) in [5.41, 5.74) is 0.883. The van der Waals surface area contributed by atoms with E-state index in [0.717, 1.165) is 17.7 Å². The summed E-state index contributed by atoms with van der Waals surface area (Å²) in [4.78, 5) is 5.81. The lowest BCUT2D eigenvalue weighted by molar-refractivity contribution is 0.181. The highest BCUT2D eigenvalue weighted by Gasteiger charge is 2.08. The Morgan fingerprint density at radius 3 is 2.63 bits per heavy atom. The molecule has 0 fully saturated rings. The lowest BCUT2D eigenvalue weighted by Gasteiger charge is -2.16. The lowest BCUT2D eigenvalue weighted by Crippen LogP contribution is -2.40. The molecule has 3 aromatic rings. The summed E-state index contributed by atoms with van der Waals surface area (Å²) in [5, 5.41) is 18.9. The second-order valence-corrected chi connectivity index (χ2v) is 6.84. The van der Waals surface area contributed by atoms with Gasteiger partial charge in [-0.15, -0.1) is 35.3 Å². The van der Waals surface area contributed by atoms with E-state index in [1.807, 2.05) is 53.9 Å². The molecule has 144 valence electrons. The number of aliphatic imine (C=N–C) groups is 1. The Bertz CT molecular complexity index is 777. The fourth-order valence-corrected chi connectivity index (χ4v) is 3.11. The van der Waals surface area contributed by atoms with Gasteiger partial charge in [0.25, 0.3) is 0 Å². The smallest absolute Gasteiger partial charge is 0.191 e. The number of aliphatic hydroxyl groups is 1. The number of benzene rings is 1. The van der Waals surface area contributed by atoms with E-state index in [1.54, 1.807) is 17.6 Å². The van der Waals surface area contributed by atoms with Crippen molar-refractivity contribution in [1.29, 1.82) is 0 Å². The maximum atomic E-state index is 10.3. The molecule has 27 heavy (non-hydrogen) atoms. The van der Waals surface area contributed by atoms with Crippen molar-refractivity contribution < 1.29 is 9.52 Å². The first-order valence-corrected chi connectivity index (χ1v) is 9.49. The molecule has 7 heteroatoms. The van der Waals surface area contributed by atoms with Crippen LogP contribution in [0.4, 0.5) is 0 Å². The molecule has 0 aliphatic carbocycles. The Morgan fingerprint density at radius 1 is 1.07 bits per heavy atom. The van der Waals surface area contributed by atoms with Crippen LogP contribution in [-0.2, 0) is 13.0 Å².